The van der Waals surface area contributed by atoms with Gasteiger partial charge >= 0.3 is 0 Å². The Hall–Kier alpha value is -2.50. The number of aromatic nitrogens is 5. The molecule has 0 amide bonds. The van der Waals surface area contributed by atoms with Gasteiger partial charge < -0.3 is 4.57 Å². The molecule has 0 spiro atoms. The molecule has 0 aliphatic carbocycles. The van der Waals surface area contributed by atoms with Gasteiger partial charge in [0, 0.05) is 25.2 Å². The Bertz CT molecular complexity index is 802. The van der Waals surface area contributed by atoms with E-state index in [2.05, 4.69) is 15.5 Å². The van der Waals surface area contributed by atoms with Crippen molar-refractivity contribution in [3.05, 3.63) is 40.7 Å². The Balaban J connectivity index is 2.42. The standard InChI is InChI=1S/C13H13N5O/c1-3-18-8-10(13-14-15-16-17(13)2)12(19)9-6-4-5-7-11(9)18/h4-8H,3H2,1-2H3. The van der Waals surface area contributed by atoms with Crippen LogP contribution in [0, 0.1) is 0 Å². The van der Waals surface area contributed by atoms with Crippen molar-refractivity contribution in [1.29, 1.82) is 0 Å². The molecular weight excluding hydrogens is 242 g/mol. The summed E-state index contributed by atoms with van der Waals surface area (Å²) in [4.78, 5) is 12.5. The van der Waals surface area contributed by atoms with E-state index in [4.69, 9.17) is 0 Å². The first-order valence-corrected chi connectivity index (χ1v) is 6.07. The van der Waals surface area contributed by atoms with E-state index in [9.17, 15) is 4.79 Å². The van der Waals surface area contributed by atoms with Gasteiger partial charge in [0.25, 0.3) is 0 Å². The highest BCUT2D eigenvalue weighted by atomic mass is 16.1. The van der Waals surface area contributed by atoms with Crippen LogP contribution >= 0.6 is 0 Å². The topological polar surface area (TPSA) is 65.6 Å². The second kappa shape index (κ2) is 4.31. The van der Waals surface area contributed by atoms with Crippen molar-refractivity contribution in [3.8, 4) is 11.4 Å². The molecule has 6 nitrogen and oxygen atoms in total. The summed E-state index contributed by atoms with van der Waals surface area (Å²) in [7, 11) is 1.72. The lowest BCUT2D eigenvalue weighted by Crippen LogP contribution is -2.13. The van der Waals surface area contributed by atoms with Crippen molar-refractivity contribution < 1.29 is 0 Å². The van der Waals surface area contributed by atoms with Gasteiger partial charge in [-0.2, -0.15) is 0 Å². The van der Waals surface area contributed by atoms with Gasteiger partial charge in [0.15, 0.2) is 11.3 Å². The van der Waals surface area contributed by atoms with Crippen molar-refractivity contribution >= 4 is 10.9 Å². The lowest BCUT2D eigenvalue weighted by Gasteiger charge is -2.10. The lowest BCUT2D eigenvalue weighted by molar-refractivity contribution is 0.713. The van der Waals surface area contributed by atoms with Crippen LogP contribution in [0.5, 0.6) is 0 Å². The van der Waals surface area contributed by atoms with Crippen molar-refractivity contribution in [2.45, 2.75) is 13.5 Å². The molecule has 0 saturated carbocycles. The zero-order valence-corrected chi connectivity index (χ0v) is 10.7. The summed E-state index contributed by atoms with van der Waals surface area (Å²) >= 11 is 0. The highest BCUT2D eigenvalue weighted by Gasteiger charge is 2.14. The Morgan fingerprint density at radius 2 is 2.05 bits per heavy atom. The molecular formula is C13H13N5O. The molecule has 0 atom stereocenters. The maximum Gasteiger partial charge on any atom is 0.200 e. The fourth-order valence-corrected chi connectivity index (χ4v) is 2.22. The number of fused-ring (bicyclic) bond motifs is 1. The van der Waals surface area contributed by atoms with Crippen LogP contribution in [-0.4, -0.2) is 24.8 Å². The minimum absolute atomic E-state index is 0.0433. The predicted octanol–water partition coefficient (Wildman–Crippen LogP) is 1.21. The normalized spacial score (nSPS) is 11.1. The van der Waals surface area contributed by atoms with Crippen molar-refractivity contribution in [2.24, 2.45) is 7.05 Å². The van der Waals surface area contributed by atoms with Crippen LogP contribution in [-0.2, 0) is 13.6 Å². The van der Waals surface area contributed by atoms with E-state index in [0.717, 1.165) is 12.1 Å². The molecule has 0 fully saturated rings. The zero-order valence-electron chi connectivity index (χ0n) is 10.7. The smallest absolute Gasteiger partial charge is 0.200 e. The summed E-state index contributed by atoms with van der Waals surface area (Å²) in [5.41, 5.74) is 1.40. The van der Waals surface area contributed by atoms with Gasteiger partial charge in [0.1, 0.15) is 0 Å². The van der Waals surface area contributed by atoms with Gasteiger partial charge in [0.05, 0.1) is 11.1 Å². The van der Waals surface area contributed by atoms with E-state index in [1.54, 1.807) is 7.05 Å². The molecule has 19 heavy (non-hydrogen) atoms. The van der Waals surface area contributed by atoms with Gasteiger partial charge in [-0.05, 0) is 29.5 Å². The number of hydrogen-bond acceptors (Lipinski definition) is 4. The molecule has 96 valence electrons. The van der Waals surface area contributed by atoms with E-state index in [0.29, 0.717) is 16.8 Å². The Labute approximate surface area is 109 Å². The van der Waals surface area contributed by atoms with Crippen molar-refractivity contribution in [3.63, 3.8) is 0 Å². The summed E-state index contributed by atoms with van der Waals surface area (Å²) in [6.45, 7) is 2.81. The molecule has 3 aromatic rings. The van der Waals surface area contributed by atoms with E-state index in [1.165, 1.54) is 4.68 Å². The zero-order chi connectivity index (χ0) is 13.4. The fourth-order valence-electron chi connectivity index (χ4n) is 2.22. The molecule has 6 heteroatoms. The van der Waals surface area contributed by atoms with Gasteiger partial charge in [0.2, 0.25) is 0 Å². The van der Waals surface area contributed by atoms with Crippen LogP contribution in [0.3, 0.4) is 0 Å². The summed E-state index contributed by atoms with van der Waals surface area (Å²) < 4.78 is 3.53. The average molecular weight is 255 g/mol. The highest BCUT2D eigenvalue weighted by molar-refractivity contribution is 5.82. The summed E-state index contributed by atoms with van der Waals surface area (Å²) in [6.07, 6.45) is 1.82. The quantitative estimate of drug-likeness (QED) is 0.690. The second-order valence-corrected chi connectivity index (χ2v) is 4.30. The summed E-state index contributed by atoms with van der Waals surface area (Å²) in [5, 5.41) is 12.0. The number of nitrogens with zero attached hydrogens (tertiary/aromatic N) is 5. The molecule has 0 bridgehead atoms. The SMILES string of the molecule is CCn1cc(-c2nnnn2C)c(=O)c2ccccc21. The average Bonchev–Trinajstić information content (AvgIpc) is 2.86. The third-order valence-electron chi connectivity index (χ3n) is 3.19. The Kier molecular flexibility index (Phi) is 2.63. The summed E-state index contributed by atoms with van der Waals surface area (Å²) in [5.74, 6) is 0.484. The first kappa shape index (κ1) is 11.6. The van der Waals surface area contributed by atoms with Crippen LogP contribution in [0.1, 0.15) is 6.92 Å². The number of tetrazole rings is 1. The number of benzene rings is 1. The molecule has 0 aliphatic rings. The van der Waals surface area contributed by atoms with Crippen LogP contribution in [0.4, 0.5) is 0 Å². The number of hydrogen-bond donors (Lipinski definition) is 0. The monoisotopic (exact) mass is 255 g/mol. The van der Waals surface area contributed by atoms with Gasteiger partial charge in [-0.1, -0.05) is 12.1 Å². The molecule has 1 aromatic carbocycles. The van der Waals surface area contributed by atoms with Crippen LogP contribution in [0.15, 0.2) is 35.3 Å². The second-order valence-electron chi connectivity index (χ2n) is 4.30. The van der Waals surface area contributed by atoms with Crippen LogP contribution in [0.2, 0.25) is 0 Å². The van der Waals surface area contributed by atoms with Gasteiger partial charge in [-0.25, -0.2) is 4.68 Å². The van der Waals surface area contributed by atoms with E-state index < -0.39 is 0 Å². The molecule has 3 rings (SSSR count). The highest BCUT2D eigenvalue weighted by Crippen LogP contribution is 2.17. The molecule has 0 aliphatic heterocycles. The predicted molar refractivity (Wildman–Crippen MR) is 71.7 cm³/mol. The molecule has 0 N–H and O–H groups in total. The number of rotatable bonds is 2. The van der Waals surface area contributed by atoms with Crippen LogP contribution < -0.4 is 5.43 Å². The number of para-hydroxylation sites is 1. The van der Waals surface area contributed by atoms with Crippen molar-refractivity contribution in [1.82, 2.24) is 24.8 Å². The lowest BCUT2D eigenvalue weighted by atomic mass is 10.1. The van der Waals surface area contributed by atoms with Crippen LogP contribution in [0.25, 0.3) is 22.3 Å². The summed E-state index contributed by atoms with van der Waals surface area (Å²) in [6, 6.07) is 7.57. The molecule has 0 saturated heterocycles. The Morgan fingerprint density at radius 1 is 1.26 bits per heavy atom. The van der Waals surface area contributed by atoms with Gasteiger partial charge in [-0.15, -0.1) is 5.10 Å². The third kappa shape index (κ3) is 1.72. The minimum Gasteiger partial charge on any atom is -0.347 e. The molecule has 0 unspecified atom stereocenters. The fraction of sp³-hybridized carbons (Fsp3) is 0.231. The molecule has 0 radical (unpaired) electrons. The Morgan fingerprint density at radius 3 is 2.74 bits per heavy atom. The number of pyridine rings is 1. The van der Waals surface area contributed by atoms with E-state index in [-0.39, 0.29) is 5.43 Å². The molecule has 2 heterocycles. The van der Waals surface area contributed by atoms with E-state index >= 15 is 0 Å². The van der Waals surface area contributed by atoms with E-state index in [1.807, 2.05) is 42.0 Å². The molecule has 2 aromatic heterocycles. The van der Waals surface area contributed by atoms with Crippen molar-refractivity contribution in [2.75, 3.05) is 0 Å². The largest absolute Gasteiger partial charge is 0.347 e. The third-order valence-corrected chi connectivity index (χ3v) is 3.19. The maximum absolute atomic E-state index is 12.5. The maximum atomic E-state index is 12.5. The minimum atomic E-state index is -0.0433. The first-order valence-electron chi connectivity index (χ1n) is 6.07. The van der Waals surface area contributed by atoms with Gasteiger partial charge in [-0.3, -0.25) is 4.79 Å². The first-order chi connectivity index (χ1) is 9.22. The number of aryl methyl sites for hydroxylation is 2.